The lowest BCUT2D eigenvalue weighted by molar-refractivity contribution is 0.143. The molecule has 2 heterocycles. The number of piperidine rings is 1. The third-order valence-electron chi connectivity index (χ3n) is 6.36. The van der Waals surface area contributed by atoms with E-state index < -0.39 is 0 Å². The summed E-state index contributed by atoms with van der Waals surface area (Å²) >= 11 is 0. The zero-order chi connectivity index (χ0) is 22.2. The highest BCUT2D eigenvalue weighted by Gasteiger charge is 2.25. The maximum Gasteiger partial charge on any atom is 0.191 e. The Balaban J connectivity index is 1.58. The fourth-order valence-electron chi connectivity index (χ4n) is 4.54. The Morgan fingerprint density at radius 2 is 1.84 bits per heavy atom. The van der Waals surface area contributed by atoms with Gasteiger partial charge in [0.25, 0.3) is 0 Å². The number of hydrogen-bond donors (Lipinski definition) is 2. The Morgan fingerprint density at radius 3 is 2.48 bits per heavy atom. The van der Waals surface area contributed by atoms with Gasteiger partial charge in [0, 0.05) is 68.7 Å². The highest BCUT2D eigenvalue weighted by Crippen LogP contribution is 2.30. The van der Waals surface area contributed by atoms with Crippen LogP contribution in [0.15, 0.2) is 23.2 Å². The lowest BCUT2D eigenvalue weighted by Gasteiger charge is -2.35. The molecular weight excluding hydrogens is 390 g/mol. The van der Waals surface area contributed by atoms with Gasteiger partial charge in [-0.3, -0.25) is 4.99 Å². The van der Waals surface area contributed by atoms with Crippen molar-refractivity contribution < 1.29 is 9.47 Å². The standard InChI is InChI=1S/C24H41N5O2/c1-6-25-24(26-15-19-8-7-10-28(16-19)18(2)3)27-20-9-11-29(17-20)21-12-22(30-4)14-23(13-21)31-5/h12-14,18-20H,6-11,15-17H2,1-5H3,(H2,25,26,27). The quantitative estimate of drug-likeness (QED) is 0.487. The summed E-state index contributed by atoms with van der Waals surface area (Å²) in [5.41, 5.74) is 1.14. The lowest BCUT2D eigenvalue weighted by atomic mass is 9.97. The number of guanidine groups is 1. The van der Waals surface area contributed by atoms with Crippen molar-refractivity contribution in [2.75, 3.05) is 58.4 Å². The SMILES string of the molecule is CCNC(=NCC1CCCN(C(C)C)C1)NC1CCN(c2cc(OC)cc(OC)c2)C1. The predicted octanol–water partition coefficient (Wildman–Crippen LogP) is 2.96. The average Bonchev–Trinajstić information content (AvgIpc) is 3.26. The fourth-order valence-corrected chi connectivity index (χ4v) is 4.54. The molecule has 0 radical (unpaired) electrons. The highest BCUT2D eigenvalue weighted by molar-refractivity contribution is 5.80. The Morgan fingerprint density at radius 1 is 1.10 bits per heavy atom. The molecule has 2 atom stereocenters. The Hall–Kier alpha value is -2.15. The van der Waals surface area contributed by atoms with Gasteiger partial charge in [0.2, 0.25) is 0 Å². The van der Waals surface area contributed by atoms with Gasteiger partial charge in [-0.1, -0.05) is 0 Å². The summed E-state index contributed by atoms with van der Waals surface area (Å²) in [6.07, 6.45) is 3.64. The summed E-state index contributed by atoms with van der Waals surface area (Å²) in [6, 6.07) is 7.06. The number of benzene rings is 1. The number of likely N-dealkylation sites (tertiary alicyclic amines) is 1. The van der Waals surface area contributed by atoms with Gasteiger partial charge in [0.1, 0.15) is 11.5 Å². The molecule has 2 saturated heterocycles. The van der Waals surface area contributed by atoms with Gasteiger partial charge in [0.05, 0.1) is 14.2 Å². The molecule has 0 saturated carbocycles. The summed E-state index contributed by atoms with van der Waals surface area (Å²) in [5, 5.41) is 7.11. The third kappa shape index (κ3) is 6.66. The number of aliphatic imine (C=N–C) groups is 1. The van der Waals surface area contributed by atoms with Crippen molar-refractivity contribution >= 4 is 11.6 Å². The molecule has 0 aromatic heterocycles. The molecule has 31 heavy (non-hydrogen) atoms. The van der Waals surface area contributed by atoms with Crippen LogP contribution < -0.4 is 25.0 Å². The molecule has 0 amide bonds. The summed E-state index contributed by atoms with van der Waals surface area (Å²) in [7, 11) is 3.39. The van der Waals surface area contributed by atoms with E-state index in [4.69, 9.17) is 14.5 Å². The largest absolute Gasteiger partial charge is 0.497 e. The van der Waals surface area contributed by atoms with E-state index >= 15 is 0 Å². The average molecular weight is 432 g/mol. The number of rotatable bonds is 8. The van der Waals surface area contributed by atoms with E-state index in [0.29, 0.717) is 18.0 Å². The van der Waals surface area contributed by atoms with Crippen LogP contribution >= 0.6 is 0 Å². The number of hydrogen-bond acceptors (Lipinski definition) is 5. The van der Waals surface area contributed by atoms with E-state index in [1.165, 1.54) is 19.4 Å². The first-order chi connectivity index (χ1) is 15.0. The monoisotopic (exact) mass is 431 g/mol. The van der Waals surface area contributed by atoms with Crippen molar-refractivity contribution in [2.45, 2.75) is 52.1 Å². The van der Waals surface area contributed by atoms with Crippen LogP contribution in [0.1, 0.15) is 40.0 Å². The number of anilines is 1. The molecule has 2 fully saturated rings. The van der Waals surface area contributed by atoms with Crippen LogP contribution in [-0.4, -0.2) is 76.4 Å². The number of methoxy groups -OCH3 is 2. The lowest BCUT2D eigenvalue weighted by Crippen LogP contribution is -2.45. The Bertz CT molecular complexity index is 702. The number of nitrogens with zero attached hydrogens (tertiary/aromatic N) is 3. The minimum atomic E-state index is 0.369. The van der Waals surface area contributed by atoms with Gasteiger partial charge in [0.15, 0.2) is 5.96 Å². The van der Waals surface area contributed by atoms with Gasteiger partial charge < -0.3 is 29.9 Å². The third-order valence-corrected chi connectivity index (χ3v) is 6.36. The van der Waals surface area contributed by atoms with Crippen LogP contribution in [-0.2, 0) is 0 Å². The van der Waals surface area contributed by atoms with Gasteiger partial charge in [-0.05, 0) is 52.5 Å². The molecule has 2 aliphatic heterocycles. The fraction of sp³-hybridized carbons (Fsp3) is 0.708. The van der Waals surface area contributed by atoms with Crippen molar-refractivity contribution in [1.29, 1.82) is 0 Å². The second-order valence-corrected chi connectivity index (χ2v) is 8.96. The molecule has 0 bridgehead atoms. The summed E-state index contributed by atoms with van der Waals surface area (Å²) in [5.74, 6) is 3.24. The second-order valence-electron chi connectivity index (χ2n) is 8.96. The molecule has 0 spiro atoms. The van der Waals surface area contributed by atoms with Gasteiger partial charge >= 0.3 is 0 Å². The van der Waals surface area contributed by atoms with E-state index in [-0.39, 0.29) is 0 Å². The van der Waals surface area contributed by atoms with Crippen molar-refractivity contribution in [1.82, 2.24) is 15.5 Å². The van der Waals surface area contributed by atoms with Gasteiger partial charge in [-0.25, -0.2) is 0 Å². The van der Waals surface area contributed by atoms with Crippen LogP contribution in [0, 0.1) is 5.92 Å². The van der Waals surface area contributed by atoms with Crippen molar-refractivity contribution in [2.24, 2.45) is 10.9 Å². The minimum Gasteiger partial charge on any atom is -0.497 e. The smallest absolute Gasteiger partial charge is 0.191 e. The van der Waals surface area contributed by atoms with Gasteiger partial charge in [-0.2, -0.15) is 0 Å². The first kappa shape index (κ1) is 23.5. The van der Waals surface area contributed by atoms with Crippen LogP contribution in [0.25, 0.3) is 0 Å². The Labute approximate surface area is 188 Å². The van der Waals surface area contributed by atoms with Crippen molar-refractivity contribution in [3.63, 3.8) is 0 Å². The molecule has 2 aliphatic rings. The van der Waals surface area contributed by atoms with E-state index in [1.54, 1.807) is 14.2 Å². The van der Waals surface area contributed by atoms with Crippen LogP contribution in [0.4, 0.5) is 5.69 Å². The molecule has 0 aliphatic carbocycles. The van der Waals surface area contributed by atoms with Crippen LogP contribution in [0.5, 0.6) is 11.5 Å². The summed E-state index contributed by atoms with van der Waals surface area (Å²) in [6.45, 7) is 12.8. The van der Waals surface area contributed by atoms with E-state index in [2.05, 4.69) is 53.3 Å². The van der Waals surface area contributed by atoms with Crippen molar-refractivity contribution in [3.05, 3.63) is 18.2 Å². The number of nitrogens with one attached hydrogen (secondary N) is 2. The minimum absolute atomic E-state index is 0.369. The van der Waals surface area contributed by atoms with Crippen LogP contribution in [0.3, 0.4) is 0 Å². The zero-order valence-electron chi connectivity index (χ0n) is 20.0. The number of ether oxygens (including phenoxy) is 2. The molecule has 2 unspecified atom stereocenters. The summed E-state index contributed by atoms with van der Waals surface area (Å²) < 4.78 is 10.9. The molecule has 174 valence electrons. The molecule has 7 heteroatoms. The molecule has 1 aromatic carbocycles. The zero-order valence-corrected chi connectivity index (χ0v) is 20.0. The normalized spacial score (nSPS) is 22.6. The van der Waals surface area contributed by atoms with Crippen LogP contribution in [0.2, 0.25) is 0 Å². The highest BCUT2D eigenvalue weighted by atomic mass is 16.5. The maximum atomic E-state index is 5.44. The molecule has 1 aromatic rings. The van der Waals surface area contributed by atoms with E-state index in [0.717, 1.165) is 62.3 Å². The first-order valence-corrected chi connectivity index (χ1v) is 11.8. The van der Waals surface area contributed by atoms with Gasteiger partial charge in [-0.15, -0.1) is 0 Å². The first-order valence-electron chi connectivity index (χ1n) is 11.8. The Kier molecular flexibility index (Phi) is 8.69. The maximum absolute atomic E-state index is 5.44. The molecular formula is C24H41N5O2. The van der Waals surface area contributed by atoms with E-state index in [1.807, 2.05) is 6.07 Å². The molecule has 3 rings (SSSR count). The van der Waals surface area contributed by atoms with E-state index in [9.17, 15) is 0 Å². The van der Waals surface area contributed by atoms with Crippen molar-refractivity contribution in [3.8, 4) is 11.5 Å². The topological polar surface area (TPSA) is 61.4 Å². The molecule has 2 N–H and O–H groups in total. The second kappa shape index (κ2) is 11.5. The summed E-state index contributed by atoms with van der Waals surface area (Å²) in [4.78, 5) is 9.92. The predicted molar refractivity (Wildman–Crippen MR) is 129 cm³/mol. The molecule has 7 nitrogen and oxygen atoms in total.